The number of benzene rings is 1. The van der Waals surface area contributed by atoms with Crippen molar-refractivity contribution in [2.75, 3.05) is 6.54 Å². The quantitative estimate of drug-likeness (QED) is 0.876. The van der Waals surface area contributed by atoms with E-state index in [4.69, 9.17) is 16.7 Å². The van der Waals surface area contributed by atoms with Gasteiger partial charge in [-0.15, -0.1) is 0 Å². The van der Waals surface area contributed by atoms with Crippen LogP contribution in [0.2, 0.25) is 5.02 Å². The van der Waals surface area contributed by atoms with Gasteiger partial charge < -0.3 is 10.4 Å². The van der Waals surface area contributed by atoms with Crippen molar-refractivity contribution in [3.63, 3.8) is 0 Å². The molecule has 0 radical (unpaired) electrons. The first-order valence-corrected chi connectivity index (χ1v) is 6.55. The van der Waals surface area contributed by atoms with Crippen molar-refractivity contribution < 1.29 is 9.90 Å². The molecule has 1 aromatic rings. The van der Waals surface area contributed by atoms with Crippen LogP contribution in [0.3, 0.4) is 0 Å². The molecule has 1 aromatic carbocycles. The topological polar surface area (TPSA) is 49.3 Å². The Hall–Kier alpha value is -0.580. The Labute approximate surface area is 114 Å². The number of rotatable bonds is 5. The van der Waals surface area contributed by atoms with E-state index < -0.39 is 6.10 Å². The molecule has 2 N–H and O–H groups in total. The molecule has 1 unspecified atom stereocenters. The average Bonchev–Trinajstić information content (AvgIpc) is 2.23. The Bertz CT molecular complexity index is 396. The van der Waals surface area contributed by atoms with E-state index in [0.717, 1.165) is 10.0 Å². The summed E-state index contributed by atoms with van der Waals surface area (Å²) in [5.41, 5.74) is 0.854. The van der Waals surface area contributed by atoms with Gasteiger partial charge in [-0.05, 0) is 37.1 Å². The van der Waals surface area contributed by atoms with Gasteiger partial charge in [0, 0.05) is 16.0 Å². The molecule has 0 aliphatic rings. The van der Waals surface area contributed by atoms with E-state index >= 15 is 0 Å². The molecule has 0 heterocycles. The molecule has 0 bridgehead atoms. The van der Waals surface area contributed by atoms with Crippen LogP contribution in [0, 0.1) is 0 Å². The van der Waals surface area contributed by atoms with E-state index in [9.17, 15) is 4.79 Å². The predicted octanol–water partition coefficient (Wildman–Crippen LogP) is 2.53. The Kier molecular flexibility index (Phi) is 5.95. The van der Waals surface area contributed by atoms with Gasteiger partial charge in [0.25, 0.3) is 0 Å². The van der Waals surface area contributed by atoms with Crippen LogP contribution in [0.4, 0.5) is 0 Å². The number of halogens is 2. The maximum atomic E-state index is 11.6. The summed E-state index contributed by atoms with van der Waals surface area (Å²) in [7, 11) is 0. The standard InChI is InChI=1S/C12H15BrClNO2/c1-8(16)4-5-15-12(17)7-9-6-10(14)2-3-11(9)13/h2-3,6,8,16H,4-5,7H2,1H3,(H,15,17). The normalized spacial score (nSPS) is 12.2. The second-order valence-corrected chi connectivity index (χ2v) is 5.19. The molecular formula is C12H15BrClNO2. The van der Waals surface area contributed by atoms with Crippen LogP contribution in [-0.4, -0.2) is 23.7 Å². The van der Waals surface area contributed by atoms with E-state index in [2.05, 4.69) is 21.2 Å². The molecule has 0 aromatic heterocycles. The van der Waals surface area contributed by atoms with Gasteiger partial charge in [0.05, 0.1) is 12.5 Å². The monoisotopic (exact) mass is 319 g/mol. The highest BCUT2D eigenvalue weighted by molar-refractivity contribution is 9.10. The maximum Gasteiger partial charge on any atom is 0.224 e. The summed E-state index contributed by atoms with van der Waals surface area (Å²) in [6.07, 6.45) is 0.442. The van der Waals surface area contributed by atoms with Gasteiger partial charge in [-0.25, -0.2) is 0 Å². The van der Waals surface area contributed by atoms with Gasteiger partial charge in [-0.1, -0.05) is 27.5 Å². The smallest absolute Gasteiger partial charge is 0.224 e. The first-order chi connectivity index (χ1) is 7.99. The van der Waals surface area contributed by atoms with Crippen molar-refractivity contribution in [3.05, 3.63) is 33.3 Å². The second-order valence-electron chi connectivity index (χ2n) is 3.90. The Balaban J connectivity index is 2.47. The molecule has 17 heavy (non-hydrogen) atoms. The highest BCUT2D eigenvalue weighted by atomic mass is 79.9. The van der Waals surface area contributed by atoms with E-state index in [1.54, 1.807) is 19.1 Å². The maximum absolute atomic E-state index is 11.6. The van der Waals surface area contributed by atoms with Crippen LogP contribution >= 0.6 is 27.5 Å². The van der Waals surface area contributed by atoms with Gasteiger partial charge in [-0.2, -0.15) is 0 Å². The van der Waals surface area contributed by atoms with Gasteiger partial charge in [0.1, 0.15) is 0 Å². The summed E-state index contributed by atoms with van der Waals surface area (Å²) in [5, 5.41) is 12.4. The van der Waals surface area contributed by atoms with Gasteiger partial charge >= 0.3 is 0 Å². The molecule has 1 rings (SSSR count). The molecule has 1 atom stereocenters. The molecule has 94 valence electrons. The molecule has 1 amide bonds. The van der Waals surface area contributed by atoms with Gasteiger partial charge in [0.15, 0.2) is 0 Å². The van der Waals surface area contributed by atoms with Crippen molar-refractivity contribution in [2.45, 2.75) is 25.9 Å². The molecule has 3 nitrogen and oxygen atoms in total. The molecule has 0 saturated heterocycles. The van der Waals surface area contributed by atoms with Crippen LogP contribution in [0.5, 0.6) is 0 Å². The third kappa shape index (κ3) is 5.52. The number of carbonyl (C=O) groups is 1. The second kappa shape index (κ2) is 6.99. The minimum absolute atomic E-state index is 0.0754. The zero-order valence-electron chi connectivity index (χ0n) is 9.54. The lowest BCUT2D eigenvalue weighted by atomic mass is 10.1. The van der Waals surface area contributed by atoms with Crippen molar-refractivity contribution in [1.29, 1.82) is 0 Å². The van der Waals surface area contributed by atoms with Gasteiger partial charge in [0.2, 0.25) is 5.91 Å². The Morgan fingerprint density at radius 2 is 2.29 bits per heavy atom. The molecule has 5 heteroatoms. The van der Waals surface area contributed by atoms with E-state index in [1.165, 1.54) is 0 Å². The summed E-state index contributed by atoms with van der Waals surface area (Å²) in [6.45, 7) is 2.17. The number of aliphatic hydroxyl groups excluding tert-OH is 1. The lowest BCUT2D eigenvalue weighted by molar-refractivity contribution is -0.120. The van der Waals surface area contributed by atoms with Crippen LogP contribution in [0.25, 0.3) is 0 Å². The van der Waals surface area contributed by atoms with Crippen molar-refractivity contribution in [3.8, 4) is 0 Å². The lowest BCUT2D eigenvalue weighted by Crippen LogP contribution is -2.28. The van der Waals surface area contributed by atoms with Crippen molar-refractivity contribution in [1.82, 2.24) is 5.32 Å². The zero-order chi connectivity index (χ0) is 12.8. The number of nitrogens with one attached hydrogen (secondary N) is 1. The van der Waals surface area contributed by atoms with Crippen LogP contribution in [0.1, 0.15) is 18.9 Å². The predicted molar refractivity (Wildman–Crippen MR) is 72.2 cm³/mol. The third-order valence-corrected chi connectivity index (χ3v) is 3.25. The summed E-state index contributed by atoms with van der Waals surface area (Å²) in [6, 6.07) is 5.35. The molecule has 0 spiro atoms. The first-order valence-electron chi connectivity index (χ1n) is 5.37. The SMILES string of the molecule is CC(O)CCNC(=O)Cc1cc(Cl)ccc1Br. The van der Waals surface area contributed by atoms with Crippen LogP contribution in [-0.2, 0) is 11.2 Å². The van der Waals surface area contributed by atoms with E-state index in [0.29, 0.717) is 18.0 Å². The molecule has 0 fully saturated rings. The van der Waals surface area contributed by atoms with E-state index in [-0.39, 0.29) is 12.3 Å². The molecule has 0 saturated carbocycles. The number of hydrogen-bond acceptors (Lipinski definition) is 2. The number of aliphatic hydroxyl groups is 1. The molecular weight excluding hydrogens is 305 g/mol. The number of hydrogen-bond donors (Lipinski definition) is 2. The van der Waals surface area contributed by atoms with Crippen molar-refractivity contribution in [2.24, 2.45) is 0 Å². The zero-order valence-corrected chi connectivity index (χ0v) is 11.9. The fourth-order valence-corrected chi connectivity index (χ4v) is 1.92. The van der Waals surface area contributed by atoms with Gasteiger partial charge in [-0.3, -0.25) is 4.79 Å². The average molecular weight is 321 g/mol. The molecule has 0 aliphatic carbocycles. The largest absolute Gasteiger partial charge is 0.393 e. The summed E-state index contributed by atoms with van der Waals surface area (Å²) >= 11 is 9.23. The first kappa shape index (κ1) is 14.5. The fraction of sp³-hybridized carbons (Fsp3) is 0.417. The highest BCUT2D eigenvalue weighted by Gasteiger charge is 2.07. The minimum atomic E-state index is -0.395. The summed E-state index contributed by atoms with van der Waals surface area (Å²) in [4.78, 5) is 11.6. The van der Waals surface area contributed by atoms with Crippen LogP contribution < -0.4 is 5.32 Å². The van der Waals surface area contributed by atoms with Crippen molar-refractivity contribution >= 4 is 33.4 Å². The fourth-order valence-electron chi connectivity index (χ4n) is 1.33. The minimum Gasteiger partial charge on any atom is -0.393 e. The third-order valence-electron chi connectivity index (χ3n) is 2.24. The Morgan fingerprint density at radius 3 is 2.94 bits per heavy atom. The number of carbonyl (C=O) groups excluding carboxylic acids is 1. The molecule has 0 aliphatic heterocycles. The van der Waals surface area contributed by atoms with E-state index in [1.807, 2.05) is 6.07 Å². The number of amides is 1. The Morgan fingerprint density at radius 1 is 1.59 bits per heavy atom. The highest BCUT2D eigenvalue weighted by Crippen LogP contribution is 2.21. The lowest BCUT2D eigenvalue weighted by Gasteiger charge is -2.08. The summed E-state index contributed by atoms with van der Waals surface area (Å²) < 4.78 is 0.868. The van der Waals surface area contributed by atoms with Crippen LogP contribution in [0.15, 0.2) is 22.7 Å². The summed E-state index contributed by atoms with van der Waals surface area (Å²) in [5.74, 6) is -0.0754.